The lowest BCUT2D eigenvalue weighted by molar-refractivity contribution is 0.202. The maximum atomic E-state index is 13.1. The molecule has 4 aromatic rings. The van der Waals surface area contributed by atoms with Gasteiger partial charge < -0.3 is 25.0 Å². The van der Waals surface area contributed by atoms with Crippen molar-refractivity contribution in [2.45, 2.75) is 6.92 Å². The second-order valence-corrected chi connectivity index (χ2v) is 9.05. The van der Waals surface area contributed by atoms with Crippen molar-refractivity contribution in [3.63, 3.8) is 0 Å². The number of carbonyl (C=O) groups excluding carboxylic acids is 1. The van der Waals surface area contributed by atoms with Gasteiger partial charge in [0, 0.05) is 44.5 Å². The first-order valence-corrected chi connectivity index (χ1v) is 12.2. The maximum Gasteiger partial charge on any atom is 0.324 e. The number of methoxy groups -OCH3 is 2. The van der Waals surface area contributed by atoms with Crippen molar-refractivity contribution in [3.05, 3.63) is 54.2 Å². The van der Waals surface area contributed by atoms with Crippen LogP contribution < -0.4 is 25.0 Å². The first kappa shape index (κ1) is 25.0. The molecule has 0 spiro atoms. The van der Waals surface area contributed by atoms with Crippen molar-refractivity contribution in [3.8, 4) is 22.8 Å². The zero-order valence-electron chi connectivity index (χ0n) is 21.9. The second kappa shape index (κ2) is 10.4. The molecule has 38 heavy (non-hydrogen) atoms. The summed E-state index contributed by atoms with van der Waals surface area (Å²) < 4.78 is 10.8. The van der Waals surface area contributed by atoms with Gasteiger partial charge in [0.2, 0.25) is 5.95 Å². The number of anilines is 3. The van der Waals surface area contributed by atoms with Crippen LogP contribution in [0.25, 0.3) is 22.4 Å². The second-order valence-electron chi connectivity index (χ2n) is 9.05. The lowest BCUT2D eigenvalue weighted by Gasteiger charge is -2.37. The normalized spacial score (nSPS) is 13.5. The Morgan fingerprint density at radius 2 is 1.66 bits per heavy atom. The van der Waals surface area contributed by atoms with Crippen LogP contribution in [0.1, 0.15) is 5.56 Å². The van der Waals surface area contributed by atoms with E-state index in [0.717, 1.165) is 16.8 Å². The van der Waals surface area contributed by atoms with Gasteiger partial charge in [-0.1, -0.05) is 17.7 Å². The Balaban J connectivity index is 1.39. The summed E-state index contributed by atoms with van der Waals surface area (Å²) in [5.74, 6) is 1.94. The van der Waals surface area contributed by atoms with Crippen molar-refractivity contribution < 1.29 is 14.3 Å². The average molecular weight is 515 g/mol. The summed E-state index contributed by atoms with van der Waals surface area (Å²) in [6.07, 6.45) is 1.65. The number of fused-ring (bicyclic) bond motifs is 1. The molecule has 2 aromatic carbocycles. The first-order chi connectivity index (χ1) is 18.4. The molecule has 0 unspecified atom stereocenters. The first-order valence-electron chi connectivity index (χ1n) is 12.2. The van der Waals surface area contributed by atoms with E-state index < -0.39 is 0 Å². The number of nitrogens with zero attached hydrogens (tertiary/aromatic N) is 7. The molecular weight excluding hydrogens is 484 g/mol. The standard InChI is InChI=1S/C27H30N8O3/c1-17-5-8-19(9-6-17)33(2)27(36)35-13-11-34(12-14-35)25-23-24(31-26(28)32-25)29-16-20(30-23)18-7-10-21(37-3)22(15-18)38-4/h5-10,15-16H,11-14H2,1-4H3,(H2,28,29,31,32). The minimum atomic E-state index is -0.0453. The Bertz CT molecular complexity index is 1470. The van der Waals surface area contributed by atoms with Gasteiger partial charge in [-0.25, -0.2) is 14.8 Å². The van der Waals surface area contributed by atoms with Crippen molar-refractivity contribution in [2.75, 3.05) is 63.0 Å². The minimum Gasteiger partial charge on any atom is -0.493 e. The van der Waals surface area contributed by atoms with E-state index >= 15 is 0 Å². The average Bonchev–Trinajstić information content (AvgIpc) is 2.95. The number of rotatable bonds is 5. The Labute approximate surface area is 220 Å². The van der Waals surface area contributed by atoms with Gasteiger partial charge in [0.05, 0.1) is 26.1 Å². The van der Waals surface area contributed by atoms with E-state index in [4.69, 9.17) is 20.2 Å². The summed E-state index contributed by atoms with van der Waals surface area (Å²) in [5, 5.41) is 0. The van der Waals surface area contributed by atoms with E-state index in [2.05, 4.69) is 19.9 Å². The lowest BCUT2D eigenvalue weighted by atomic mass is 10.1. The number of ether oxygens (including phenoxy) is 2. The number of amides is 2. The summed E-state index contributed by atoms with van der Waals surface area (Å²) in [7, 11) is 4.98. The number of hydrogen-bond donors (Lipinski definition) is 1. The maximum absolute atomic E-state index is 13.1. The molecule has 2 amide bonds. The molecule has 0 radical (unpaired) electrons. The number of aryl methyl sites for hydroxylation is 1. The van der Waals surface area contributed by atoms with Gasteiger partial charge in [0.15, 0.2) is 28.5 Å². The molecule has 11 nitrogen and oxygen atoms in total. The van der Waals surface area contributed by atoms with Crippen molar-refractivity contribution in [1.29, 1.82) is 0 Å². The number of benzene rings is 2. The molecule has 1 saturated heterocycles. The fourth-order valence-corrected chi connectivity index (χ4v) is 4.47. The van der Waals surface area contributed by atoms with E-state index in [9.17, 15) is 4.79 Å². The zero-order valence-corrected chi connectivity index (χ0v) is 21.9. The zero-order chi connectivity index (χ0) is 26.8. The summed E-state index contributed by atoms with van der Waals surface area (Å²) in [4.78, 5) is 36.9. The minimum absolute atomic E-state index is 0.0453. The summed E-state index contributed by atoms with van der Waals surface area (Å²) in [6.45, 7) is 4.23. The Kier molecular flexibility index (Phi) is 6.82. The molecule has 1 aliphatic heterocycles. The quantitative estimate of drug-likeness (QED) is 0.427. The largest absolute Gasteiger partial charge is 0.493 e. The summed E-state index contributed by atoms with van der Waals surface area (Å²) in [5.41, 5.74) is 10.4. The fourth-order valence-electron chi connectivity index (χ4n) is 4.47. The molecule has 0 atom stereocenters. The fraction of sp³-hybridized carbons (Fsp3) is 0.296. The van der Waals surface area contributed by atoms with Gasteiger partial charge in [0.25, 0.3) is 0 Å². The van der Waals surface area contributed by atoms with Gasteiger partial charge in [-0.15, -0.1) is 0 Å². The van der Waals surface area contributed by atoms with E-state index in [-0.39, 0.29) is 12.0 Å². The Morgan fingerprint density at radius 1 is 0.947 bits per heavy atom. The van der Waals surface area contributed by atoms with Gasteiger partial charge >= 0.3 is 6.03 Å². The summed E-state index contributed by atoms with van der Waals surface area (Å²) >= 11 is 0. The van der Waals surface area contributed by atoms with Crippen molar-refractivity contribution >= 4 is 34.6 Å². The number of aromatic nitrogens is 4. The molecule has 5 rings (SSSR count). The van der Waals surface area contributed by atoms with Gasteiger partial charge in [-0.3, -0.25) is 4.90 Å². The number of piperazine rings is 1. The molecule has 1 aliphatic rings. The third-order valence-electron chi connectivity index (χ3n) is 6.64. The predicted octanol–water partition coefficient (Wildman–Crippen LogP) is 3.37. The highest BCUT2D eigenvalue weighted by molar-refractivity contribution is 5.92. The highest BCUT2D eigenvalue weighted by Gasteiger charge is 2.27. The molecule has 0 bridgehead atoms. The number of hydrogen-bond acceptors (Lipinski definition) is 9. The molecule has 11 heteroatoms. The van der Waals surface area contributed by atoms with Crippen LogP contribution in [0.2, 0.25) is 0 Å². The molecule has 196 valence electrons. The van der Waals surface area contributed by atoms with E-state index in [0.29, 0.717) is 60.4 Å². The number of nitrogens with two attached hydrogens (primary N) is 1. The SMILES string of the molecule is COc1ccc(-c2cnc3nc(N)nc(N4CCN(C(=O)N(C)c5ccc(C)cc5)CC4)c3n2)cc1OC. The van der Waals surface area contributed by atoms with Gasteiger partial charge in [-0.2, -0.15) is 9.97 Å². The third kappa shape index (κ3) is 4.82. The van der Waals surface area contributed by atoms with Gasteiger partial charge in [-0.05, 0) is 37.3 Å². The van der Waals surface area contributed by atoms with Crippen molar-refractivity contribution in [1.82, 2.24) is 24.8 Å². The summed E-state index contributed by atoms with van der Waals surface area (Å²) in [6, 6.07) is 13.4. The smallest absolute Gasteiger partial charge is 0.324 e. The molecular formula is C27H30N8O3. The number of urea groups is 1. The highest BCUT2D eigenvalue weighted by atomic mass is 16.5. The van der Waals surface area contributed by atoms with E-state index in [1.807, 2.05) is 54.3 Å². The van der Waals surface area contributed by atoms with Crippen LogP contribution in [0.4, 0.5) is 22.2 Å². The van der Waals surface area contributed by atoms with Crippen LogP contribution in [-0.4, -0.2) is 78.3 Å². The molecule has 0 aliphatic carbocycles. The number of nitrogen functional groups attached to an aromatic ring is 1. The third-order valence-corrected chi connectivity index (χ3v) is 6.64. The lowest BCUT2D eigenvalue weighted by Crippen LogP contribution is -2.52. The van der Waals surface area contributed by atoms with Gasteiger partial charge in [0.1, 0.15) is 0 Å². The van der Waals surface area contributed by atoms with E-state index in [1.165, 1.54) is 0 Å². The molecule has 3 heterocycles. The predicted molar refractivity (Wildman–Crippen MR) is 147 cm³/mol. The number of carbonyl (C=O) groups is 1. The van der Waals surface area contributed by atoms with Crippen LogP contribution in [0, 0.1) is 6.92 Å². The Hall–Kier alpha value is -4.67. The van der Waals surface area contributed by atoms with E-state index in [1.54, 1.807) is 32.4 Å². The van der Waals surface area contributed by atoms with Crippen LogP contribution in [0.5, 0.6) is 11.5 Å². The highest BCUT2D eigenvalue weighted by Crippen LogP contribution is 2.33. The topological polar surface area (TPSA) is 123 Å². The van der Waals surface area contributed by atoms with Crippen LogP contribution in [0.15, 0.2) is 48.7 Å². The Morgan fingerprint density at radius 3 is 2.34 bits per heavy atom. The van der Waals surface area contributed by atoms with Crippen LogP contribution >= 0.6 is 0 Å². The molecule has 0 saturated carbocycles. The molecule has 2 aromatic heterocycles. The monoisotopic (exact) mass is 514 g/mol. The van der Waals surface area contributed by atoms with Crippen molar-refractivity contribution in [2.24, 2.45) is 0 Å². The molecule has 2 N–H and O–H groups in total. The van der Waals surface area contributed by atoms with Crippen LogP contribution in [-0.2, 0) is 0 Å². The van der Waals surface area contributed by atoms with Crippen LogP contribution in [0.3, 0.4) is 0 Å². The molecule has 1 fully saturated rings.